The van der Waals surface area contributed by atoms with Crippen molar-refractivity contribution < 1.29 is 0 Å². The summed E-state index contributed by atoms with van der Waals surface area (Å²) in [6, 6.07) is 7.88. The predicted octanol–water partition coefficient (Wildman–Crippen LogP) is 3.83. The molecule has 0 amide bonds. The zero-order chi connectivity index (χ0) is 13.0. The van der Waals surface area contributed by atoms with Gasteiger partial charge in [-0.3, -0.25) is 0 Å². The van der Waals surface area contributed by atoms with Crippen molar-refractivity contribution in [3.63, 3.8) is 0 Å². The van der Waals surface area contributed by atoms with E-state index in [0.29, 0.717) is 0 Å². The summed E-state index contributed by atoms with van der Waals surface area (Å²) in [4.78, 5) is 0. The van der Waals surface area contributed by atoms with Crippen LogP contribution < -0.4 is 0 Å². The molecule has 0 fully saturated rings. The van der Waals surface area contributed by atoms with Crippen molar-refractivity contribution >= 4 is 27.5 Å². The van der Waals surface area contributed by atoms with Crippen LogP contribution in [0.1, 0.15) is 30.6 Å². The second-order valence-electron chi connectivity index (χ2n) is 4.12. The molecule has 0 radical (unpaired) electrons. The lowest BCUT2D eigenvalue weighted by atomic mass is 10.1. The number of benzene rings is 1. The Kier molecular flexibility index (Phi) is 4.78. The molecule has 1 aromatic heterocycles. The Labute approximate surface area is 120 Å². The van der Waals surface area contributed by atoms with Crippen LogP contribution in [0, 0.1) is 0 Å². The molecule has 1 aromatic carbocycles. The van der Waals surface area contributed by atoms with Gasteiger partial charge >= 0.3 is 0 Å². The zero-order valence-electron chi connectivity index (χ0n) is 10.2. The van der Waals surface area contributed by atoms with Gasteiger partial charge in [0.05, 0.1) is 5.33 Å². The number of hydrogen-bond donors (Lipinski definition) is 0. The van der Waals surface area contributed by atoms with Crippen molar-refractivity contribution in [1.29, 1.82) is 0 Å². The van der Waals surface area contributed by atoms with Crippen molar-refractivity contribution in [3.8, 4) is 0 Å². The molecule has 18 heavy (non-hydrogen) atoms. The van der Waals surface area contributed by atoms with Gasteiger partial charge in [-0.05, 0) is 24.1 Å². The van der Waals surface area contributed by atoms with E-state index in [-0.39, 0.29) is 0 Å². The smallest absolute Gasteiger partial charge is 0.143 e. The van der Waals surface area contributed by atoms with Gasteiger partial charge in [0, 0.05) is 18.0 Å². The van der Waals surface area contributed by atoms with Gasteiger partial charge in [0.2, 0.25) is 0 Å². The summed E-state index contributed by atoms with van der Waals surface area (Å²) in [5, 5.41) is 9.97. The fourth-order valence-corrected chi connectivity index (χ4v) is 2.54. The third kappa shape index (κ3) is 3.12. The molecule has 3 nitrogen and oxygen atoms in total. The Balaban J connectivity index is 2.25. The highest BCUT2D eigenvalue weighted by Gasteiger charge is 2.10. The summed E-state index contributed by atoms with van der Waals surface area (Å²) >= 11 is 9.44. The lowest BCUT2D eigenvalue weighted by Gasteiger charge is -2.07. The monoisotopic (exact) mass is 327 g/mol. The summed E-state index contributed by atoms with van der Waals surface area (Å²) in [6.45, 7) is 3.10. The minimum atomic E-state index is 0.732. The molecule has 0 aliphatic rings. The summed E-state index contributed by atoms with van der Waals surface area (Å²) in [5.41, 5.74) is 1.16. The maximum absolute atomic E-state index is 5.99. The van der Waals surface area contributed by atoms with Crippen molar-refractivity contribution in [1.82, 2.24) is 14.8 Å². The largest absolute Gasteiger partial charge is 0.314 e. The summed E-state index contributed by atoms with van der Waals surface area (Å²) < 4.78 is 2.18. The third-order valence-electron chi connectivity index (χ3n) is 2.72. The van der Waals surface area contributed by atoms with E-state index in [2.05, 4.69) is 43.7 Å². The fourth-order valence-electron chi connectivity index (χ4n) is 1.91. The fraction of sp³-hybridized carbons (Fsp3) is 0.385. The maximum Gasteiger partial charge on any atom is 0.143 e. The Morgan fingerprint density at radius 3 is 2.72 bits per heavy atom. The Morgan fingerprint density at radius 1 is 1.28 bits per heavy atom. The first-order chi connectivity index (χ1) is 8.74. The van der Waals surface area contributed by atoms with E-state index in [1.54, 1.807) is 0 Å². The van der Waals surface area contributed by atoms with Crippen LogP contribution in [0.2, 0.25) is 5.02 Å². The highest BCUT2D eigenvalue weighted by molar-refractivity contribution is 9.08. The van der Waals surface area contributed by atoms with Crippen LogP contribution >= 0.6 is 27.5 Å². The predicted molar refractivity (Wildman–Crippen MR) is 77.2 cm³/mol. The van der Waals surface area contributed by atoms with E-state index in [1.165, 1.54) is 0 Å². The van der Waals surface area contributed by atoms with Crippen LogP contribution in [-0.4, -0.2) is 14.8 Å². The van der Waals surface area contributed by atoms with E-state index in [4.69, 9.17) is 11.6 Å². The normalized spacial score (nSPS) is 10.8. The van der Waals surface area contributed by atoms with Crippen LogP contribution in [0.15, 0.2) is 24.3 Å². The summed E-state index contributed by atoms with van der Waals surface area (Å²) in [6.07, 6.45) is 1.83. The number of alkyl halides is 1. The standard InChI is InChI=1S/C13H15BrClN3/c1-2-6-18-12(16-17-13(18)9-14)8-10-4-3-5-11(15)7-10/h3-5,7H,2,6,8-9H2,1H3. The van der Waals surface area contributed by atoms with Gasteiger partial charge in [-0.1, -0.05) is 46.6 Å². The molecule has 0 atom stereocenters. The van der Waals surface area contributed by atoms with E-state index in [9.17, 15) is 0 Å². The molecular weight excluding hydrogens is 314 g/mol. The van der Waals surface area contributed by atoms with E-state index < -0.39 is 0 Å². The molecular formula is C13H15BrClN3. The van der Waals surface area contributed by atoms with Crippen LogP contribution in [0.25, 0.3) is 0 Å². The molecule has 0 N–H and O–H groups in total. The highest BCUT2D eigenvalue weighted by Crippen LogP contribution is 2.15. The zero-order valence-corrected chi connectivity index (χ0v) is 12.6. The summed E-state index contributed by atoms with van der Waals surface area (Å²) in [7, 11) is 0. The second kappa shape index (κ2) is 6.34. The average molecular weight is 329 g/mol. The number of halogens is 2. The number of hydrogen-bond acceptors (Lipinski definition) is 2. The molecule has 5 heteroatoms. The van der Waals surface area contributed by atoms with Gasteiger partial charge in [-0.25, -0.2) is 0 Å². The van der Waals surface area contributed by atoms with Crippen molar-refractivity contribution in [2.45, 2.75) is 31.6 Å². The molecule has 0 saturated heterocycles. The molecule has 0 spiro atoms. The Bertz CT molecular complexity index is 525. The molecule has 0 unspecified atom stereocenters. The number of nitrogens with zero attached hydrogens (tertiary/aromatic N) is 3. The minimum absolute atomic E-state index is 0.732. The van der Waals surface area contributed by atoms with Gasteiger partial charge in [0.1, 0.15) is 11.6 Å². The molecule has 0 aliphatic carbocycles. The van der Waals surface area contributed by atoms with Crippen LogP contribution in [0.3, 0.4) is 0 Å². The molecule has 0 aliphatic heterocycles. The Morgan fingerprint density at radius 2 is 2.06 bits per heavy atom. The highest BCUT2D eigenvalue weighted by atomic mass is 79.9. The minimum Gasteiger partial charge on any atom is -0.314 e. The van der Waals surface area contributed by atoms with Crippen LogP contribution in [0.5, 0.6) is 0 Å². The van der Waals surface area contributed by atoms with Gasteiger partial charge in [-0.2, -0.15) is 0 Å². The van der Waals surface area contributed by atoms with Crippen molar-refractivity contribution in [2.24, 2.45) is 0 Å². The van der Waals surface area contributed by atoms with Crippen LogP contribution in [0.4, 0.5) is 0 Å². The number of rotatable bonds is 5. The second-order valence-corrected chi connectivity index (χ2v) is 5.12. The SMILES string of the molecule is CCCn1c(CBr)nnc1Cc1cccc(Cl)c1. The molecule has 2 rings (SSSR count). The topological polar surface area (TPSA) is 30.7 Å². The van der Waals surface area contributed by atoms with Crippen molar-refractivity contribution in [3.05, 3.63) is 46.5 Å². The molecule has 0 bridgehead atoms. The number of aromatic nitrogens is 3. The molecule has 2 aromatic rings. The van der Waals surface area contributed by atoms with Gasteiger partial charge in [0.25, 0.3) is 0 Å². The first-order valence-corrected chi connectivity index (χ1v) is 7.46. The Hall–Kier alpha value is -0.870. The molecule has 0 saturated carbocycles. The van der Waals surface area contributed by atoms with E-state index in [1.807, 2.05) is 18.2 Å². The quantitative estimate of drug-likeness (QED) is 0.781. The van der Waals surface area contributed by atoms with E-state index >= 15 is 0 Å². The van der Waals surface area contributed by atoms with Gasteiger partial charge in [-0.15, -0.1) is 10.2 Å². The van der Waals surface area contributed by atoms with Crippen LogP contribution in [-0.2, 0) is 18.3 Å². The lowest BCUT2D eigenvalue weighted by Crippen LogP contribution is -2.07. The average Bonchev–Trinajstić information content (AvgIpc) is 2.72. The first-order valence-electron chi connectivity index (χ1n) is 5.96. The summed E-state index contributed by atoms with van der Waals surface area (Å²) in [5.74, 6) is 1.97. The molecule has 96 valence electrons. The van der Waals surface area contributed by atoms with Crippen molar-refractivity contribution in [2.75, 3.05) is 0 Å². The first kappa shape index (κ1) is 13.6. The maximum atomic E-state index is 5.99. The van der Waals surface area contributed by atoms with Gasteiger partial charge in [0.15, 0.2) is 0 Å². The third-order valence-corrected chi connectivity index (χ3v) is 3.46. The van der Waals surface area contributed by atoms with Gasteiger partial charge < -0.3 is 4.57 Å². The lowest BCUT2D eigenvalue weighted by molar-refractivity contribution is 0.628. The van der Waals surface area contributed by atoms with E-state index in [0.717, 1.165) is 47.0 Å². The molecule has 1 heterocycles.